The number of nitrogens with one attached hydrogen (secondary N) is 1. The molecule has 0 fully saturated rings. The molecular weight excluding hydrogens is 432 g/mol. The molecule has 0 unspecified atom stereocenters. The number of para-hydroxylation sites is 2. The number of benzene rings is 2. The molecule has 0 spiro atoms. The molecule has 34 heavy (non-hydrogen) atoms. The van der Waals surface area contributed by atoms with Crippen LogP contribution in [0.15, 0.2) is 77.4 Å². The number of anilines is 1. The second kappa shape index (κ2) is 9.19. The van der Waals surface area contributed by atoms with Crippen LogP contribution in [0, 0.1) is 0 Å². The number of fused-ring (bicyclic) bond motifs is 2. The first-order chi connectivity index (χ1) is 16.7. The van der Waals surface area contributed by atoms with Gasteiger partial charge in [-0.1, -0.05) is 42.5 Å². The van der Waals surface area contributed by atoms with Crippen molar-refractivity contribution >= 4 is 39.9 Å². The Morgan fingerprint density at radius 3 is 2.41 bits per heavy atom. The smallest absolute Gasteiger partial charge is 0.344 e. The Bertz CT molecular complexity index is 1470. The predicted molar refractivity (Wildman–Crippen MR) is 128 cm³/mol. The summed E-state index contributed by atoms with van der Waals surface area (Å²) >= 11 is 0. The van der Waals surface area contributed by atoms with Crippen molar-refractivity contribution in [3.8, 4) is 0 Å². The average Bonchev–Trinajstić information content (AvgIpc) is 3.49. The fraction of sp³-hybridized carbons (Fsp3) is 0.154. The van der Waals surface area contributed by atoms with Crippen molar-refractivity contribution < 1.29 is 18.7 Å². The monoisotopic (exact) mass is 454 g/mol. The van der Waals surface area contributed by atoms with Gasteiger partial charge in [0.05, 0.1) is 23.9 Å². The van der Waals surface area contributed by atoms with Gasteiger partial charge in [0, 0.05) is 6.54 Å². The Labute approximate surface area is 195 Å². The lowest BCUT2D eigenvalue weighted by Gasteiger charge is -2.12. The molecular formula is C26H22N4O4. The number of nitrogens with zero attached hydrogens (tertiary/aromatic N) is 3. The molecule has 0 saturated carbocycles. The van der Waals surface area contributed by atoms with Gasteiger partial charge in [-0.25, -0.2) is 14.8 Å². The van der Waals surface area contributed by atoms with Gasteiger partial charge < -0.3 is 19.0 Å². The van der Waals surface area contributed by atoms with Crippen LogP contribution in [0.1, 0.15) is 33.4 Å². The van der Waals surface area contributed by atoms with Crippen molar-refractivity contribution in [2.45, 2.75) is 19.9 Å². The van der Waals surface area contributed by atoms with Crippen molar-refractivity contribution in [2.75, 3.05) is 11.9 Å². The highest BCUT2D eigenvalue weighted by atomic mass is 16.5. The number of furan rings is 1. The number of rotatable bonds is 7. The van der Waals surface area contributed by atoms with Gasteiger partial charge >= 0.3 is 5.97 Å². The Morgan fingerprint density at radius 1 is 0.971 bits per heavy atom. The van der Waals surface area contributed by atoms with Crippen molar-refractivity contribution in [1.82, 2.24) is 14.5 Å². The summed E-state index contributed by atoms with van der Waals surface area (Å²) in [4.78, 5) is 35.6. The summed E-state index contributed by atoms with van der Waals surface area (Å²) in [7, 11) is 0. The van der Waals surface area contributed by atoms with E-state index in [0.29, 0.717) is 35.2 Å². The minimum Gasteiger partial charge on any atom is -0.462 e. The van der Waals surface area contributed by atoms with E-state index in [1.165, 1.54) is 6.26 Å². The quantitative estimate of drug-likeness (QED) is 0.353. The molecule has 8 nitrogen and oxygen atoms in total. The average molecular weight is 454 g/mol. The van der Waals surface area contributed by atoms with E-state index in [9.17, 15) is 9.59 Å². The van der Waals surface area contributed by atoms with Gasteiger partial charge in [-0.15, -0.1) is 0 Å². The number of hydrogen-bond donors (Lipinski definition) is 1. The first-order valence-electron chi connectivity index (χ1n) is 11.0. The summed E-state index contributed by atoms with van der Waals surface area (Å²) in [5.74, 6) is -0.656. The SMILES string of the molecule is CCOC(=O)c1c(NC(=O)c2ccco2)n(CCc2ccccc2)c2nc3ccccc3nc12. The Balaban J connectivity index is 1.70. The molecule has 170 valence electrons. The molecule has 3 heterocycles. The molecule has 0 atom stereocenters. The first kappa shape index (κ1) is 21.4. The maximum atomic E-state index is 13.1. The number of esters is 1. The Morgan fingerprint density at radius 2 is 1.71 bits per heavy atom. The molecule has 0 radical (unpaired) electrons. The second-order valence-corrected chi connectivity index (χ2v) is 7.65. The summed E-state index contributed by atoms with van der Waals surface area (Å²) in [5.41, 5.74) is 3.48. The lowest BCUT2D eigenvalue weighted by atomic mass is 10.1. The van der Waals surface area contributed by atoms with Gasteiger partial charge in [-0.3, -0.25) is 4.79 Å². The number of carbonyl (C=O) groups is 2. The fourth-order valence-electron chi connectivity index (χ4n) is 3.91. The third kappa shape index (κ3) is 4.01. The molecule has 3 aromatic heterocycles. The zero-order valence-electron chi connectivity index (χ0n) is 18.5. The van der Waals surface area contributed by atoms with E-state index in [0.717, 1.165) is 5.56 Å². The van der Waals surface area contributed by atoms with E-state index in [2.05, 4.69) is 5.32 Å². The van der Waals surface area contributed by atoms with Gasteiger partial charge in [0.2, 0.25) is 0 Å². The number of aromatic nitrogens is 3. The van der Waals surface area contributed by atoms with E-state index in [1.54, 1.807) is 19.1 Å². The molecule has 5 rings (SSSR count). The molecule has 2 aromatic carbocycles. The van der Waals surface area contributed by atoms with Crippen LogP contribution >= 0.6 is 0 Å². The first-order valence-corrected chi connectivity index (χ1v) is 11.0. The third-order valence-corrected chi connectivity index (χ3v) is 5.47. The van der Waals surface area contributed by atoms with E-state index < -0.39 is 11.9 Å². The van der Waals surface area contributed by atoms with Gasteiger partial charge in [0.25, 0.3) is 5.91 Å². The Hall–Kier alpha value is -4.46. The zero-order valence-corrected chi connectivity index (χ0v) is 18.5. The van der Waals surface area contributed by atoms with Crippen molar-refractivity contribution in [2.24, 2.45) is 0 Å². The summed E-state index contributed by atoms with van der Waals surface area (Å²) < 4.78 is 12.4. The molecule has 0 aliphatic carbocycles. The van der Waals surface area contributed by atoms with E-state index in [4.69, 9.17) is 19.1 Å². The molecule has 0 aliphatic rings. The highest BCUT2D eigenvalue weighted by Crippen LogP contribution is 2.31. The van der Waals surface area contributed by atoms with E-state index in [-0.39, 0.29) is 23.7 Å². The molecule has 0 bridgehead atoms. The maximum Gasteiger partial charge on any atom is 0.344 e. The largest absolute Gasteiger partial charge is 0.462 e. The van der Waals surface area contributed by atoms with Gasteiger partial charge in [0.15, 0.2) is 11.4 Å². The summed E-state index contributed by atoms with van der Waals surface area (Å²) in [6.45, 7) is 2.37. The highest BCUT2D eigenvalue weighted by molar-refractivity contribution is 6.13. The Kier molecular flexibility index (Phi) is 5.78. The topological polar surface area (TPSA) is 99.2 Å². The van der Waals surface area contributed by atoms with Crippen LogP contribution in [-0.4, -0.2) is 33.0 Å². The normalized spacial score (nSPS) is 11.1. The number of ether oxygens (including phenoxy) is 1. The van der Waals surface area contributed by atoms with Crippen LogP contribution in [0.2, 0.25) is 0 Å². The number of aryl methyl sites for hydroxylation is 2. The van der Waals surface area contributed by atoms with E-state index in [1.807, 2.05) is 59.2 Å². The maximum absolute atomic E-state index is 13.1. The minimum absolute atomic E-state index is 0.126. The standard InChI is InChI=1S/C26H22N4O4/c1-2-33-26(32)21-22-24(28-19-12-7-6-11-18(19)27-22)30(15-14-17-9-4-3-5-10-17)23(21)29-25(31)20-13-8-16-34-20/h3-13,16H,2,14-15H2,1H3,(H,29,31). The zero-order chi connectivity index (χ0) is 23.5. The van der Waals surface area contributed by atoms with Crippen molar-refractivity contribution in [1.29, 1.82) is 0 Å². The van der Waals surface area contributed by atoms with Crippen LogP contribution in [0.3, 0.4) is 0 Å². The lowest BCUT2D eigenvalue weighted by Crippen LogP contribution is -2.18. The van der Waals surface area contributed by atoms with Crippen LogP contribution in [0.5, 0.6) is 0 Å². The summed E-state index contributed by atoms with van der Waals surface area (Å²) in [6, 6.07) is 20.6. The van der Waals surface area contributed by atoms with Gasteiger partial charge in [-0.05, 0) is 43.2 Å². The van der Waals surface area contributed by atoms with Crippen LogP contribution in [0.4, 0.5) is 5.82 Å². The fourth-order valence-corrected chi connectivity index (χ4v) is 3.91. The van der Waals surface area contributed by atoms with Crippen molar-refractivity contribution in [3.05, 3.63) is 89.9 Å². The predicted octanol–water partition coefficient (Wildman–Crippen LogP) is 4.85. The number of carbonyl (C=O) groups excluding carboxylic acids is 2. The van der Waals surface area contributed by atoms with E-state index >= 15 is 0 Å². The summed E-state index contributed by atoms with van der Waals surface area (Å²) in [6.07, 6.45) is 2.08. The van der Waals surface area contributed by atoms with Crippen molar-refractivity contribution in [3.63, 3.8) is 0 Å². The second-order valence-electron chi connectivity index (χ2n) is 7.65. The molecule has 0 aliphatic heterocycles. The number of hydrogen-bond acceptors (Lipinski definition) is 6. The van der Waals surface area contributed by atoms with Gasteiger partial charge in [-0.2, -0.15) is 0 Å². The molecule has 0 saturated heterocycles. The minimum atomic E-state index is -0.578. The molecule has 1 N–H and O–H groups in total. The molecule has 1 amide bonds. The third-order valence-electron chi connectivity index (χ3n) is 5.47. The highest BCUT2D eigenvalue weighted by Gasteiger charge is 2.28. The summed E-state index contributed by atoms with van der Waals surface area (Å²) in [5, 5.41) is 2.85. The van der Waals surface area contributed by atoms with Gasteiger partial charge in [0.1, 0.15) is 16.9 Å². The number of amides is 1. The van der Waals surface area contributed by atoms with Crippen LogP contribution in [0.25, 0.3) is 22.2 Å². The molecule has 5 aromatic rings. The molecule has 8 heteroatoms. The lowest BCUT2D eigenvalue weighted by molar-refractivity contribution is 0.0529. The van der Waals surface area contributed by atoms with Crippen LogP contribution in [-0.2, 0) is 17.7 Å². The van der Waals surface area contributed by atoms with Crippen LogP contribution < -0.4 is 5.32 Å².